The van der Waals surface area contributed by atoms with Crippen LogP contribution in [0.2, 0.25) is 0 Å². The van der Waals surface area contributed by atoms with E-state index in [0.29, 0.717) is 46.5 Å². The second-order valence-electron chi connectivity index (χ2n) is 7.21. The number of ether oxygens (including phenoxy) is 2. The minimum atomic E-state index is -0.571. The fourth-order valence-electron chi connectivity index (χ4n) is 2.20. The highest BCUT2D eigenvalue weighted by atomic mass is 19.1. The Kier molecular flexibility index (Phi) is 13.0. The maximum Gasteiger partial charge on any atom is 0.333 e. The molecule has 0 heterocycles. The van der Waals surface area contributed by atoms with Crippen LogP contribution in [0.1, 0.15) is 33.1 Å². The standard InChI is InChI=1S/C28H35FO3/c1-11-20(4)14-15-21(5)22(6)18-27(29)24(8)23(7)17-26(25(9)31-10)13-12-16-32-28(30)19(2)3/h14-15,17-18H,2,4-9,11-13,16H2,1,3,10H3/b15-14-,26-17-,27-18+. The molecule has 0 saturated heterocycles. The van der Waals surface area contributed by atoms with Crippen LogP contribution in [0.15, 0.2) is 121 Å². The molecule has 0 N–H and O–H groups in total. The number of rotatable bonds is 15. The number of methoxy groups -OCH3 is 1. The van der Waals surface area contributed by atoms with Gasteiger partial charge in [-0.3, -0.25) is 0 Å². The van der Waals surface area contributed by atoms with Crippen molar-refractivity contribution in [1.29, 1.82) is 0 Å². The van der Waals surface area contributed by atoms with E-state index in [0.717, 1.165) is 12.0 Å². The predicted molar refractivity (Wildman–Crippen MR) is 134 cm³/mol. The van der Waals surface area contributed by atoms with Crippen LogP contribution in [0.4, 0.5) is 4.39 Å². The van der Waals surface area contributed by atoms with Crippen LogP contribution in [-0.2, 0) is 14.3 Å². The number of allylic oxidation sites excluding steroid dienone is 11. The molecule has 0 amide bonds. The van der Waals surface area contributed by atoms with Crippen LogP contribution in [0, 0.1) is 0 Å². The zero-order valence-electron chi connectivity index (χ0n) is 19.7. The van der Waals surface area contributed by atoms with Gasteiger partial charge in [0.1, 0.15) is 11.6 Å². The summed E-state index contributed by atoms with van der Waals surface area (Å²) in [5.41, 5.74) is 3.43. The third-order valence-electron chi connectivity index (χ3n) is 4.49. The third kappa shape index (κ3) is 10.6. The maximum atomic E-state index is 14.7. The predicted octanol–water partition coefficient (Wildman–Crippen LogP) is 7.57. The summed E-state index contributed by atoms with van der Waals surface area (Å²) in [4.78, 5) is 11.5. The van der Waals surface area contributed by atoms with Gasteiger partial charge in [-0.15, -0.1) is 0 Å². The lowest BCUT2D eigenvalue weighted by atomic mass is 9.99. The molecule has 0 aromatic rings. The molecule has 0 aliphatic heterocycles. The van der Waals surface area contributed by atoms with Gasteiger partial charge in [0.15, 0.2) is 0 Å². The Labute approximate surface area is 192 Å². The van der Waals surface area contributed by atoms with Crippen LogP contribution in [0.3, 0.4) is 0 Å². The molecule has 0 aliphatic rings. The van der Waals surface area contributed by atoms with Crippen LogP contribution in [0.5, 0.6) is 0 Å². The van der Waals surface area contributed by atoms with E-state index in [1.54, 1.807) is 19.1 Å². The number of hydrogen-bond donors (Lipinski definition) is 0. The molecule has 0 saturated carbocycles. The average Bonchev–Trinajstić information content (AvgIpc) is 2.77. The quantitative estimate of drug-likeness (QED) is 0.0869. The van der Waals surface area contributed by atoms with Crippen molar-refractivity contribution in [1.82, 2.24) is 0 Å². The second-order valence-corrected chi connectivity index (χ2v) is 7.21. The first-order valence-corrected chi connectivity index (χ1v) is 10.2. The Bertz CT molecular complexity index is 907. The summed E-state index contributed by atoms with van der Waals surface area (Å²) in [6, 6.07) is 0. The summed E-state index contributed by atoms with van der Waals surface area (Å²) in [7, 11) is 1.49. The van der Waals surface area contributed by atoms with Gasteiger partial charge >= 0.3 is 5.97 Å². The van der Waals surface area contributed by atoms with Gasteiger partial charge in [-0.1, -0.05) is 70.7 Å². The van der Waals surface area contributed by atoms with Crippen molar-refractivity contribution in [2.24, 2.45) is 0 Å². The van der Waals surface area contributed by atoms with Crippen LogP contribution >= 0.6 is 0 Å². The van der Waals surface area contributed by atoms with Gasteiger partial charge < -0.3 is 9.47 Å². The minimum absolute atomic E-state index is 0.107. The first kappa shape index (κ1) is 28.6. The van der Waals surface area contributed by atoms with E-state index in [1.807, 2.05) is 13.0 Å². The molecule has 32 heavy (non-hydrogen) atoms. The Balaban J connectivity index is 5.25. The number of halogens is 1. The van der Waals surface area contributed by atoms with E-state index >= 15 is 0 Å². The smallest absolute Gasteiger partial charge is 0.333 e. The van der Waals surface area contributed by atoms with Gasteiger partial charge in [0.25, 0.3) is 0 Å². The second kappa shape index (κ2) is 14.6. The maximum absolute atomic E-state index is 14.7. The average molecular weight is 439 g/mol. The van der Waals surface area contributed by atoms with E-state index in [-0.39, 0.29) is 12.2 Å². The van der Waals surface area contributed by atoms with Crippen LogP contribution in [-0.4, -0.2) is 19.7 Å². The fourth-order valence-corrected chi connectivity index (χ4v) is 2.20. The summed E-state index contributed by atoms with van der Waals surface area (Å²) >= 11 is 0. The first-order chi connectivity index (χ1) is 14.9. The van der Waals surface area contributed by atoms with Crippen molar-refractivity contribution >= 4 is 5.97 Å². The van der Waals surface area contributed by atoms with Crippen molar-refractivity contribution < 1.29 is 18.7 Å². The van der Waals surface area contributed by atoms with Gasteiger partial charge in [-0.2, -0.15) is 0 Å². The van der Waals surface area contributed by atoms with Gasteiger partial charge in [0.2, 0.25) is 0 Å². The van der Waals surface area contributed by atoms with E-state index < -0.39 is 11.8 Å². The lowest BCUT2D eigenvalue weighted by molar-refractivity contribution is -0.139. The molecule has 0 unspecified atom stereocenters. The number of esters is 1. The summed E-state index contributed by atoms with van der Waals surface area (Å²) < 4.78 is 25.0. The Morgan fingerprint density at radius 2 is 1.56 bits per heavy atom. The number of carbonyl (C=O) groups excluding carboxylic acids is 1. The monoisotopic (exact) mass is 438 g/mol. The van der Waals surface area contributed by atoms with Gasteiger partial charge in [-0.05, 0) is 60.6 Å². The minimum Gasteiger partial charge on any atom is -0.497 e. The molecule has 0 bridgehead atoms. The van der Waals surface area contributed by atoms with Crippen molar-refractivity contribution in [2.75, 3.05) is 13.7 Å². The lowest BCUT2D eigenvalue weighted by Gasteiger charge is -2.12. The third-order valence-corrected chi connectivity index (χ3v) is 4.49. The first-order valence-electron chi connectivity index (χ1n) is 10.2. The topological polar surface area (TPSA) is 35.5 Å². The molecule has 0 aromatic heterocycles. The Hall–Kier alpha value is -3.40. The van der Waals surface area contributed by atoms with Crippen molar-refractivity contribution in [3.05, 3.63) is 121 Å². The number of hydrogen-bond acceptors (Lipinski definition) is 3. The Morgan fingerprint density at radius 1 is 0.938 bits per heavy atom. The van der Waals surface area contributed by atoms with Crippen LogP contribution in [0.25, 0.3) is 0 Å². The fraction of sp³-hybridized carbons (Fsp3) is 0.250. The SMILES string of the molecule is C=C(/C=C\C(=C)C(=C)/C=C(/F)C(=C)C(=C)/C=C(/CCCOC(=O)C(=C)C)C(=C)OC)CC. The van der Waals surface area contributed by atoms with Crippen LogP contribution < -0.4 is 0 Å². The molecule has 0 atom stereocenters. The summed E-state index contributed by atoms with van der Waals surface area (Å²) in [5, 5.41) is 0. The van der Waals surface area contributed by atoms with Gasteiger partial charge in [0, 0.05) is 11.1 Å². The van der Waals surface area contributed by atoms with E-state index in [1.165, 1.54) is 13.2 Å². The highest BCUT2D eigenvalue weighted by Crippen LogP contribution is 2.26. The molecule has 3 nitrogen and oxygen atoms in total. The lowest BCUT2D eigenvalue weighted by Crippen LogP contribution is -2.06. The van der Waals surface area contributed by atoms with E-state index in [4.69, 9.17) is 9.47 Å². The molecular formula is C28H35FO3. The van der Waals surface area contributed by atoms with Crippen molar-refractivity contribution in [3.63, 3.8) is 0 Å². The van der Waals surface area contributed by atoms with Gasteiger partial charge in [0.05, 0.1) is 13.7 Å². The normalized spacial score (nSPS) is 11.6. The summed E-state index contributed by atoms with van der Waals surface area (Å²) in [6.07, 6.45) is 8.33. The zero-order valence-corrected chi connectivity index (χ0v) is 19.7. The molecule has 0 fully saturated rings. The Morgan fingerprint density at radius 3 is 2.09 bits per heavy atom. The van der Waals surface area contributed by atoms with Crippen molar-refractivity contribution in [3.8, 4) is 0 Å². The molecule has 0 aromatic carbocycles. The summed E-state index contributed by atoms with van der Waals surface area (Å²) in [5.74, 6) is -0.603. The molecule has 4 heteroatoms. The van der Waals surface area contributed by atoms with E-state index in [2.05, 4.69) is 46.1 Å². The number of carbonyl (C=O) groups is 1. The molecule has 172 valence electrons. The largest absolute Gasteiger partial charge is 0.497 e. The summed E-state index contributed by atoms with van der Waals surface area (Å²) in [6.45, 7) is 30.5. The van der Waals surface area contributed by atoms with Gasteiger partial charge in [-0.25, -0.2) is 9.18 Å². The van der Waals surface area contributed by atoms with Crippen molar-refractivity contribution in [2.45, 2.75) is 33.1 Å². The highest BCUT2D eigenvalue weighted by molar-refractivity contribution is 5.86. The zero-order chi connectivity index (χ0) is 24.8. The molecule has 0 radical (unpaired) electrons. The highest BCUT2D eigenvalue weighted by Gasteiger charge is 2.10. The molecular weight excluding hydrogens is 403 g/mol. The molecule has 0 rings (SSSR count). The molecule has 0 spiro atoms. The molecule has 0 aliphatic carbocycles. The van der Waals surface area contributed by atoms with E-state index in [9.17, 15) is 9.18 Å².